The summed E-state index contributed by atoms with van der Waals surface area (Å²) < 4.78 is 38.0. The third-order valence-electron chi connectivity index (χ3n) is 4.28. The van der Waals surface area contributed by atoms with Crippen molar-refractivity contribution in [3.63, 3.8) is 0 Å². The highest BCUT2D eigenvalue weighted by Crippen LogP contribution is 2.29. The summed E-state index contributed by atoms with van der Waals surface area (Å²) in [6, 6.07) is 12.1. The van der Waals surface area contributed by atoms with Crippen molar-refractivity contribution in [2.45, 2.75) is 11.3 Å². The number of carbonyl (C=O) groups excluding carboxylic acids is 1. The van der Waals surface area contributed by atoms with Crippen LogP contribution in [-0.2, 0) is 21.2 Å². The van der Waals surface area contributed by atoms with Gasteiger partial charge in [-0.1, -0.05) is 18.2 Å². The Labute approximate surface area is 163 Å². The standard InChI is InChI=1S/C19H21N3O5S/c1-26-16-8-7-14(11-17(16)27-2)9-10-20-19(23)12-22-13-21-28(24,25)18-6-4-3-5-15(18)22/h3-8,11,13H,9-10,12H2,1-2H3,(H,20,23). The van der Waals surface area contributed by atoms with Crippen molar-refractivity contribution in [3.05, 3.63) is 48.0 Å². The number of amides is 1. The molecule has 0 aromatic heterocycles. The van der Waals surface area contributed by atoms with Crippen LogP contribution >= 0.6 is 0 Å². The highest BCUT2D eigenvalue weighted by atomic mass is 32.2. The van der Waals surface area contributed by atoms with Crippen LogP contribution in [0.1, 0.15) is 5.56 Å². The number of nitrogens with zero attached hydrogens (tertiary/aromatic N) is 2. The minimum absolute atomic E-state index is 0.0258. The summed E-state index contributed by atoms with van der Waals surface area (Å²) >= 11 is 0. The zero-order valence-electron chi connectivity index (χ0n) is 15.6. The van der Waals surface area contributed by atoms with Gasteiger partial charge in [0.15, 0.2) is 11.5 Å². The lowest BCUT2D eigenvalue weighted by Gasteiger charge is -2.24. The largest absolute Gasteiger partial charge is 0.493 e. The number of para-hydroxylation sites is 1. The van der Waals surface area contributed by atoms with Gasteiger partial charge in [-0.3, -0.25) is 4.79 Å². The van der Waals surface area contributed by atoms with Crippen LogP contribution < -0.4 is 19.7 Å². The second-order valence-electron chi connectivity index (χ2n) is 6.08. The average molecular weight is 403 g/mol. The number of anilines is 1. The Morgan fingerprint density at radius 1 is 1.11 bits per heavy atom. The maximum atomic E-state index is 12.3. The molecule has 1 amide bonds. The first kappa shape index (κ1) is 19.7. The van der Waals surface area contributed by atoms with Gasteiger partial charge in [-0.25, -0.2) is 0 Å². The lowest BCUT2D eigenvalue weighted by molar-refractivity contribution is -0.119. The molecule has 28 heavy (non-hydrogen) atoms. The second kappa shape index (κ2) is 8.30. The molecule has 9 heteroatoms. The van der Waals surface area contributed by atoms with Crippen LogP contribution in [-0.4, -0.2) is 48.0 Å². The average Bonchev–Trinajstić information content (AvgIpc) is 2.70. The van der Waals surface area contributed by atoms with Crippen LogP contribution in [0.2, 0.25) is 0 Å². The Morgan fingerprint density at radius 2 is 1.86 bits per heavy atom. The molecule has 0 atom stereocenters. The maximum Gasteiger partial charge on any atom is 0.285 e. The summed E-state index contributed by atoms with van der Waals surface area (Å²) in [6.07, 6.45) is 1.79. The van der Waals surface area contributed by atoms with Gasteiger partial charge in [-0.2, -0.15) is 8.42 Å². The van der Waals surface area contributed by atoms with Crippen LogP contribution in [0.4, 0.5) is 5.69 Å². The number of carbonyl (C=O) groups is 1. The minimum Gasteiger partial charge on any atom is -0.493 e. The van der Waals surface area contributed by atoms with E-state index in [4.69, 9.17) is 9.47 Å². The molecule has 0 fully saturated rings. The Balaban J connectivity index is 1.58. The lowest BCUT2D eigenvalue weighted by atomic mass is 10.1. The van der Waals surface area contributed by atoms with Crippen LogP contribution in [0.15, 0.2) is 51.8 Å². The predicted octanol–water partition coefficient (Wildman–Crippen LogP) is 1.60. The Morgan fingerprint density at radius 3 is 2.61 bits per heavy atom. The predicted molar refractivity (Wildman–Crippen MR) is 106 cm³/mol. The molecule has 148 valence electrons. The van der Waals surface area contributed by atoms with Gasteiger partial charge in [0.1, 0.15) is 17.8 Å². The molecule has 0 radical (unpaired) electrons. The van der Waals surface area contributed by atoms with Crippen LogP contribution in [0.5, 0.6) is 11.5 Å². The molecule has 1 aliphatic rings. The Hall–Kier alpha value is -3.07. The fourth-order valence-electron chi connectivity index (χ4n) is 2.87. The number of ether oxygens (including phenoxy) is 2. The number of nitrogens with one attached hydrogen (secondary N) is 1. The highest BCUT2D eigenvalue weighted by Gasteiger charge is 2.25. The molecule has 0 aliphatic carbocycles. The first-order chi connectivity index (χ1) is 13.4. The Bertz CT molecular complexity index is 1000. The van der Waals surface area contributed by atoms with Crippen molar-refractivity contribution in [2.24, 2.45) is 4.40 Å². The van der Waals surface area contributed by atoms with Crippen molar-refractivity contribution in [1.29, 1.82) is 0 Å². The van der Waals surface area contributed by atoms with E-state index in [1.54, 1.807) is 32.4 Å². The monoisotopic (exact) mass is 403 g/mol. The van der Waals surface area contributed by atoms with Gasteiger partial charge in [0.2, 0.25) is 5.91 Å². The van der Waals surface area contributed by atoms with Gasteiger partial charge < -0.3 is 19.7 Å². The van der Waals surface area contributed by atoms with Crippen molar-refractivity contribution in [3.8, 4) is 11.5 Å². The van der Waals surface area contributed by atoms with E-state index < -0.39 is 10.0 Å². The molecule has 1 aliphatic heterocycles. The van der Waals surface area contributed by atoms with Gasteiger partial charge in [0.05, 0.1) is 19.9 Å². The topological polar surface area (TPSA) is 97.3 Å². The molecule has 2 aromatic rings. The van der Waals surface area contributed by atoms with E-state index >= 15 is 0 Å². The van der Waals surface area contributed by atoms with E-state index in [1.807, 2.05) is 18.2 Å². The molecule has 0 unspecified atom stereocenters. The summed E-state index contributed by atoms with van der Waals surface area (Å²) in [5, 5.41) is 2.83. The van der Waals surface area contributed by atoms with Gasteiger partial charge in [0.25, 0.3) is 10.0 Å². The fourth-order valence-corrected chi connectivity index (χ4v) is 3.92. The molecule has 8 nitrogen and oxygen atoms in total. The molecule has 1 N–H and O–H groups in total. The lowest BCUT2D eigenvalue weighted by Crippen LogP contribution is -2.39. The summed E-state index contributed by atoms with van der Waals surface area (Å²) in [6.45, 7) is 0.404. The number of methoxy groups -OCH3 is 2. The normalized spacial score (nSPS) is 14.3. The number of benzene rings is 2. The Kier molecular flexibility index (Phi) is 5.84. The first-order valence-electron chi connectivity index (χ1n) is 8.58. The van der Waals surface area contributed by atoms with Gasteiger partial charge in [0, 0.05) is 6.54 Å². The van der Waals surface area contributed by atoms with E-state index in [-0.39, 0.29) is 17.3 Å². The first-order valence-corrected chi connectivity index (χ1v) is 10.0. The van der Waals surface area contributed by atoms with E-state index in [9.17, 15) is 13.2 Å². The molecular formula is C19H21N3O5S. The highest BCUT2D eigenvalue weighted by molar-refractivity contribution is 7.90. The molecule has 0 bridgehead atoms. The quantitative estimate of drug-likeness (QED) is 0.754. The summed E-state index contributed by atoms with van der Waals surface area (Å²) in [5.74, 6) is 1.04. The molecule has 0 saturated carbocycles. The van der Waals surface area contributed by atoms with E-state index in [1.165, 1.54) is 17.3 Å². The van der Waals surface area contributed by atoms with E-state index in [2.05, 4.69) is 9.71 Å². The van der Waals surface area contributed by atoms with Crippen LogP contribution in [0.25, 0.3) is 0 Å². The maximum absolute atomic E-state index is 12.3. The smallest absolute Gasteiger partial charge is 0.285 e. The van der Waals surface area contributed by atoms with Gasteiger partial charge >= 0.3 is 0 Å². The number of sulfonamides is 1. The second-order valence-corrected chi connectivity index (χ2v) is 7.68. The fraction of sp³-hybridized carbons (Fsp3) is 0.263. The zero-order chi connectivity index (χ0) is 20.1. The molecule has 2 aromatic carbocycles. The zero-order valence-corrected chi connectivity index (χ0v) is 16.4. The van der Waals surface area contributed by atoms with E-state index in [0.29, 0.717) is 30.2 Å². The van der Waals surface area contributed by atoms with E-state index in [0.717, 1.165) is 5.56 Å². The van der Waals surface area contributed by atoms with Crippen molar-refractivity contribution in [2.75, 3.05) is 32.2 Å². The number of rotatable bonds is 7. The van der Waals surface area contributed by atoms with Crippen molar-refractivity contribution in [1.82, 2.24) is 5.32 Å². The molecular weight excluding hydrogens is 382 g/mol. The molecule has 3 rings (SSSR count). The van der Waals surface area contributed by atoms with Crippen LogP contribution in [0.3, 0.4) is 0 Å². The van der Waals surface area contributed by atoms with Crippen molar-refractivity contribution < 1.29 is 22.7 Å². The molecule has 1 heterocycles. The summed E-state index contributed by atoms with van der Waals surface area (Å²) in [7, 11) is -0.557. The van der Waals surface area contributed by atoms with Gasteiger partial charge in [-0.05, 0) is 36.2 Å². The molecule has 0 saturated heterocycles. The molecule has 0 spiro atoms. The third-order valence-corrected chi connectivity index (χ3v) is 5.55. The number of hydrogen-bond donors (Lipinski definition) is 1. The third kappa shape index (κ3) is 4.25. The number of hydrogen-bond acceptors (Lipinski definition) is 6. The number of fused-ring (bicyclic) bond motifs is 1. The van der Waals surface area contributed by atoms with Crippen molar-refractivity contribution >= 4 is 28.0 Å². The van der Waals surface area contributed by atoms with Crippen LogP contribution in [0, 0.1) is 0 Å². The summed E-state index contributed by atoms with van der Waals surface area (Å²) in [4.78, 5) is 13.9. The minimum atomic E-state index is -3.70. The van der Waals surface area contributed by atoms with Gasteiger partial charge in [-0.15, -0.1) is 4.40 Å². The SMILES string of the molecule is COc1ccc(CCNC(=O)CN2C=NS(=O)(=O)c3ccccc32)cc1OC. The summed E-state index contributed by atoms with van der Waals surface area (Å²) in [5.41, 5.74) is 1.43.